The fraction of sp³-hybridized carbons (Fsp3) is 0.333. The van der Waals surface area contributed by atoms with Gasteiger partial charge >= 0.3 is 0 Å². The van der Waals surface area contributed by atoms with Crippen molar-refractivity contribution in [2.24, 2.45) is 11.1 Å². The van der Waals surface area contributed by atoms with Crippen molar-refractivity contribution in [2.45, 2.75) is 35.2 Å². The van der Waals surface area contributed by atoms with Crippen LogP contribution < -0.4 is 16.4 Å². The summed E-state index contributed by atoms with van der Waals surface area (Å²) in [5, 5.41) is 0.483. The molecule has 0 unspecified atom stereocenters. The lowest BCUT2D eigenvalue weighted by Crippen LogP contribution is -2.44. The summed E-state index contributed by atoms with van der Waals surface area (Å²) in [5.74, 6) is 0.629. The van der Waals surface area contributed by atoms with Gasteiger partial charge in [0, 0.05) is 37.2 Å². The van der Waals surface area contributed by atoms with Gasteiger partial charge in [-0.1, -0.05) is 17.8 Å². The highest BCUT2D eigenvalue weighted by molar-refractivity contribution is 7.99. The third-order valence-electron chi connectivity index (χ3n) is 6.22. The molecule has 7 nitrogen and oxygen atoms in total. The molecular formula is C21H22FN7S. The monoisotopic (exact) mass is 423 g/mol. The van der Waals surface area contributed by atoms with Crippen LogP contribution in [0.5, 0.6) is 0 Å². The Balaban J connectivity index is 1.29. The normalized spacial score (nSPS) is 19.8. The number of fused-ring (bicyclic) bond motifs is 1. The smallest absolute Gasteiger partial charge is 0.158 e. The molecule has 1 aliphatic heterocycles. The molecule has 0 aromatic carbocycles. The van der Waals surface area contributed by atoms with E-state index >= 15 is 0 Å². The fourth-order valence-electron chi connectivity index (χ4n) is 4.49. The lowest BCUT2D eigenvalue weighted by atomic mass is 9.73. The minimum Gasteiger partial charge on any atom is -0.381 e. The van der Waals surface area contributed by atoms with Crippen LogP contribution in [0.15, 0.2) is 52.9 Å². The van der Waals surface area contributed by atoms with Crippen molar-refractivity contribution in [1.82, 2.24) is 19.9 Å². The molecule has 4 N–H and O–H groups in total. The van der Waals surface area contributed by atoms with Gasteiger partial charge in [-0.05, 0) is 42.4 Å². The Hall–Kier alpha value is -2.78. The van der Waals surface area contributed by atoms with E-state index in [9.17, 15) is 4.39 Å². The number of nitrogen functional groups attached to an aromatic ring is 1. The Labute approximate surface area is 178 Å². The largest absolute Gasteiger partial charge is 0.381 e. The van der Waals surface area contributed by atoms with E-state index in [4.69, 9.17) is 11.5 Å². The highest BCUT2D eigenvalue weighted by Gasteiger charge is 2.46. The second-order valence-corrected chi connectivity index (χ2v) is 8.90. The molecule has 0 radical (unpaired) electrons. The number of anilines is 2. The first kappa shape index (κ1) is 19.2. The molecule has 154 valence electrons. The lowest BCUT2D eigenvalue weighted by Gasteiger charge is -2.42. The van der Waals surface area contributed by atoms with E-state index in [0.29, 0.717) is 15.7 Å². The maximum Gasteiger partial charge on any atom is 0.158 e. The van der Waals surface area contributed by atoms with Crippen LogP contribution in [0.4, 0.5) is 16.0 Å². The average Bonchev–Trinajstić information content (AvgIpc) is 3.03. The van der Waals surface area contributed by atoms with E-state index in [1.807, 2.05) is 12.3 Å². The Morgan fingerprint density at radius 1 is 1.13 bits per heavy atom. The lowest BCUT2D eigenvalue weighted by molar-refractivity contribution is 0.186. The summed E-state index contributed by atoms with van der Waals surface area (Å²) in [7, 11) is 0. The molecule has 1 spiro atoms. The Bertz CT molecular complexity index is 1080. The van der Waals surface area contributed by atoms with Crippen LogP contribution in [0.1, 0.15) is 30.1 Å². The number of nitrogens with two attached hydrogens (primary N) is 2. The molecule has 9 heteroatoms. The highest BCUT2D eigenvalue weighted by Crippen LogP contribution is 2.50. The van der Waals surface area contributed by atoms with Crippen molar-refractivity contribution in [3.8, 4) is 0 Å². The SMILES string of the molecule is Nc1nc(N2CCC3(CC2)Cc2ncccc2[C@H]3N)cnc1Sc1ccncc1F. The molecule has 0 amide bonds. The molecule has 0 saturated carbocycles. The van der Waals surface area contributed by atoms with Gasteiger partial charge < -0.3 is 16.4 Å². The molecule has 0 bridgehead atoms. The van der Waals surface area contributed by atoms with Gasteiger partial charge in [-0.2, -0.15) is 0 Å². The molecule has 3 aromatic rings. The molecule has 2 aliphatic rings. The fourth-order valence-corrected chi connectivity index (χ4v) is 5.23. The number of aromatic nitrogens is 4. The molecule has 5 rings (SSSR count). The molecule has 1 fully saturated rings. The van der Waals surface area contributed by atoms with Crippen molar-refractivity contribution in [3.63, 3.8) is 0 Å². The molecule has 3 aromatic heterocycles. The number of rotatable bonds is 3. The molecular weight excluding hydrogens is 401 g/mol. The number of pyridine rings is 2. The Kier molecular flexibility index (Phi) is 4.79. The van der Waals surface area contributed by atoms with E-state index < -0.39 is 5.82 Å². The average molecular weight is 424 g/mol. The number of hydrogen-bond acceptors (Lipinski definition) is 8. The summed E-state index contributed by atoms with van der Waals surface area (Å²) >= 11 is 1.15. The zero-order valence-corrected chi connectivity index (χ0v) is 17.1. The number of nitrogens with zero attached hydrogens (tertiary/aromatic N) is 5. The van der Waals surface area contributed by atoms with Crippen molar-refractivity contribution in [3.05, 3.63) is 60.1 Å². The molecule has 30 heavy (non-hydrogen) atoms. The van der Waals surface area contributed by atoms with Gasteiger partial charge in [-0.25, -0.2) is 14.4 Å². The highest BCUT2D eigenvalue weighted by atomic mass is 32.2. The van der Waals surface area contributed by atoms with Gasteiger partial charge in [0.25, 0.3) is 0 Å². The molecule has 1 aliphatic carbocycles. The third-order valence-corrected chi connectivity index (χ3v) is 7.28. The van der Waals surface area contributed by atoms with Gasteiger partial charge in [0.2, 0.25) is 0 Å². The van der Waals surface area contributed by atoms with Gasteiger partial charge in [-0.15, -0.1) is 0 Å². The number of hydrogen-bond donors (Lipinski definition) is 2. The van der Waals surface area contributed by atoms with Crippen molar-refractivity contribution < 1.29 is 4.39 Å². The summed E-state index contributed by atoms with van der Waals surface area (Å²) in [4.78, 5) is 19.9. The van der Waals surface area contributed by atoms with Crippen LogP contribution in [0.2, 0.25) is 0 Å². The maximum atomic E-state index is 13.9. The Morgan fingerprint density at radius 3 is 2.70 bits per heavy atom. The van der Waals surface area contributed by atoms with E-state index in [2.05, 4.69) is 30.9 Å². The predicted octanol–water partition coefficient (Wildman–Crippen LogP) is 2.98. The van der Waals surface area contributed by atoms with Gasteiger partial charge in [0.1, 0.15) is 10.8 Å². The van der Waals surface area contributed by atoms with E-state index in [1.54, 1.807) is 12.3 Å². The van der Waals surface area contributed by atoms with Crippen LogP contribution in [-0.4, -0.2) is 33.0 Å². The third kappa shape index (κ3) is 3.27. The number of halogens is 1. The van der Waals surface area contributed by atoms with Crippen LogP contribution in [0, 0.1) is 11.2 Å². The van der Waals surface area contributed by atoms with Crippen molar-refractivity contribution in [2.75, 3.05) is 23.7 Å². The maximum absolute atomic E-state index is 13.9. The van der Waals surface area contributed by atoms with E-state index in [0.717, 1.165) is 55.6 Å². The second-order valence-electron chi connectivity index (χ2n) is 7.87. The van der Waals surface area contributed by atoms with Crippen LogP contribution in [0.3, 0.4) is 0 Å². The summed E-state index contributed by atoms with van der Waals surface area (Å²) in [6.07, 6.45) is 9.12. The summed E-state index contributed by atoms with van der Waals surface area (Å²) in [5.41, 5.74) is 15.1. The zero-order chi connectivity index (χ0) is 20.7. The second kappa shape index (κ2) is 7.48. The summed E-state index contributed by atoms with van der Waals surface area (Å²) < 4.78 is 13.9. The summed E-state index contributed by atoms with van der Waals surface area (Å²) in [6, 6.07) is 5.68. The van der Waals surface area contributed by atoms with Crippen LogP contribution in [-0.2, 0) is 6.42 Å². The van der Waals surface area contributed by atoms with Gasteiger partial charge in [0.15, 0.2) is 11.6 Å². The molecule has 1 atom stereocenters. The molecule has 4 heterocycles. The number of piperidine rings is 1. The minimum absolute atomic E-state index is 0.0218. The van der Waals surface area contributed by atoms with Crippen LogP contribution in [0.25, 0.3) is 0 Å². The molecule has 1 saturated heterocycles. The van der Waals surface area contributed by atoms with Crippen LogP contribution >= 0.6 is 11.8 Å². The summed E-state index contributed by atoms with van der Waals surface area (Å²) in [6.45, 7) is 1.67. The van der Waals surface area contributed by atoms with Crippen molar-refractivity contribution in [1.29, 1.82) is 0 Å². The Morgan fingerprint density at radius 2 is 1.97 bits per heavy atom. The van der Waals surface area contributed by atoms with Crippen molar-refractivity contribution >= 4 is 23.4 Å². The quantitative estimate of drug-likeness (QED) is 0.662. The first-order chi connectivity index (χ1) is 14.6. The zero-order valence-electron chi connectivity index (χ0n) is 16.3. The predicted molar refractivity (Wildman–Crippen MR) is 114 cm³/mol. The topological polar surface area (TPSA) is 107 Å². The van der Waals surface area contributed by atoms with E-state index in [-0.39, 0.29) is 11.5 Å². The first-order valence-electron chi connectivity index (χ1n) is 9.90. The standard InChI is InChI=1S/C21H22FN7S/c22-14-11-25-7-3-16(14)30-20-19(24)28-17(12-27-20)29-8-4-21(5-9-29)10-15-13(18(21)23)2-1-6-26-15/h1-3,6-7,11-12,18H,4-5,8-10,23H2,(H2,24,28)/t18-/m1/s1. The van der Waals surface area contributed by atoms with Gasteiger partial charge in [0.05, 0.1) is 17.3 Å². The van der Waals surface area contributed by atoms with Gasteiger partial charge in [-0.3, -0.25) is 9.97 Å². The first-order valence-corrected chi connectivity index (χ1v) is 10.7. The minimum atomic E-state index is -0.405. The van der Waals surface area contributed by atoms with E-state index in [1.165, 1.54) is 18.0 Å².